The number of pyridine rings is 1. The summed E-state index contributed by atoms with van der Waals surface area (Å²) in [5, 5.41) is 20.5. The van der Waals surface area contributed by atoms with E-state index in [1.165, 1.54) is 44.6 Å². The predicted molar refractivity (Wildman–Crippen MR) is 247 cm³/mol. The second kappa shape index (κ2) is 21.1. The quantitative estimate of drug-likeness (QED) is 0.0294. The number of unbranched alkanes of at least 4 members (excludes halogenated alkanes) is 2. The van der Waals surface area contributed by atoms with Crippen LogP contribution >= 0.6 is 0 Å². The van der Waals surface area contributed by atoms with Gasteiger partial charge >= 0.3 is 11.8 Å². The molecule has 67 heavy (non-hydrogen) atoms. The summed E-state index contributed by atoms with van der Waals surface area (Å²) < 4.78 is 102. The van der Waals surface area contributed by atoms with Gasteiger partial charge in [0.2, 0.25) is 11.8 Å². The number of rotatable bonds is 22. The van der Waals surface area contributed by atoms with Gasteiger partial charge < -0.3 is 20.0 Å². The molecule has 364 valence electrons. The van der Waals surface area contributed by atoms with E-state index in [1.807, 2.05) is 31.7 Å². The van der Waals surface area contributed by atoms with Crippen LogP contribution in [-0.4, -0.2) is 109 Å². The van der Waals surface area contributed by atoms with Crippen LogP contribution in [0.4, 0.5) is 11.5 Å². The molecule has 0 saturated carbocycles. The number of nitrogens with zero attached hydrogens (tertiary/aromatic N) is 5. The van der Waals surface area contributed by atoms with Crippen molar-refractivity contribution in [3.8, 4) is 11.8 Å². The molecular weight excluding hydrogens is 935 g/mol. The number of aromatic nitrogens is 2. The standard InChI is InChI=1S/C44H55N5O15S3/c1-43(2)33-29-32(67(60,61)62)19-20-35(33)48(25-13-9-12-18-40(52)64-49-38(50)21-22-39(49)51)37(43)17-11-8-6-7-10-16-36-44(3,23-14-26-65(54,55)56)34-28-31(42(53)46(4)63-5)30-47(41(34)45-36)24-15-27-66(57,58)59/h6-8,10-11,16-17,19-22,28-30H,9,12-15,18,23-27H2,1-5H3,(H4-,50,51,54,55,56,57,58,59,60,61,62)/p+1. The van der Waals surface area contributed by atoms with Crippen molar-refractivity contribution in [2.45, 2.75) is 88.0 Å². The number of hydrogen-bond acceptors (Lipinski definition) is 14. The molecule has 5 N–H and O–H groups in total. The summed E-state index contributed by atoms with van der Waals surface area (Å²) >= 11 is 0. The van der Waals surface area contributed by atoms with E-state index in [2.05, 4.69) is 0 Å². The van der Waals surface area contributed by atoms with Gasteiger partial charge in [0.05, 0.1) is 46.6 Å². The lowest BCUT2D eigenvalue weighted by atomic mass is 9.76. The molecule has 2 aliphatic rings. The third-order valence-electron chi connectivity index (χ3n) is 11.5. The van der Waals surface area contributed by atoms with Gasteiger partial charge in [0, 0.05) is 55.4 Å². The Morgan fingerprint density at radius 3 is 2.10 bits per heavy atom. The fraction of sp³-hybridized carbons (Fsp3) is 0.409. The zero-order chi connectivity index (χ0) is 49.5. The van der Waals surface area contributed by atoms with E-state index >= 15 is 0 Å². The van der Waals surface area contributed by atoms with Crippen molar-refractivity contribution in [1.82, 2.24) is 9.79 Å². The number of aliphatic imine (C=N–C) groups is 1. The molecule has 0 fully saturated rings. The molecule has 1 unspecified atom stereocenters. The minimum Gasteiger partial charge on any atom is -0.492 e. The maximum Gasteiger partial charge on any atom is 0.333 e. The number of carbonyl (C=O) groups is 2. The van der Waals surface area contributed by atoms with Crippen LogP contribution in [0.5, 0.6) is 11.8 Å². The first-order valence-electron chi connectivity index (χ1n) is 21.1. The number of hydroxylamine groups is 2. The predicted octanol–water partition coefficient (Wildman–Crippen LogP) is 4.92. The summed E-state index contributed by atoms with van der Waals surface area (Å²) in [5.74, 6) is -2.70. The number of carbonyl (C=O) groups excluding carboxylic acids is 2. The van der Waals surface area contributed by atoms with Crippen molar-refractivity contribution in [2.75, 3.05) is 37.1 Å². The highest BCUT2D eigenvalue weighted by Gasteiger charge is 2.46. The van der Waals surface area contributed by atoms with Gasteiger partial charge in [-0.2, -0.15) is 25.3 Å². The molecule has 20 nitrogen and oxygen atoms in total. The number of amides is 1. The summed E-state index contributed by atoms with van der Waals surface area (Å²) in [6, 6.07) is 8.41. The van der Waals surface area contributed by atoms with E-state index in [0.29, 0.717) is 53.2 Å². The first-order valence-corrected chi connectivity index (χ1v) is 25.7. The molecule has 1 atom stereocenters. The Balaban J connectivity index is 1.38. The van der Waals surface area contributed by atoms with E-state index in [9.17, 15) is 58.7 Å². The van der Waals surface area contributed by atoms with Gasteiger partial charge in [0.15, 0.2) is 5.71 Å². The third-order valence-corrected chi connectivity index (χ3v) is 14.0. The Morgan fingerprint density at radius 1 is 0.821 bits per heavy atom. The lowest BCUT2D eigenvalue weighted by Gasteiger charge is -2.27. The molecule has 2 aliphatic heterocycles. The number of aromatic hydroxyl groups is 2. The highest BCUT2D eigenvalue weighted by Crippen LogP contribution is 2.49. The average Bonchev–Trinajstić information content (AvgIpc) is 3.78. The number of allylic oxidation sites excluding steroid dienone is 8. The SMILES string of the molecule is CON(C)C(=O)c1cc2c([n+](CCCS(=O)(=O)O)c1)N=C(C=CC=CC=CC=C1N(CCCCCC(=O)On3c(O)ccc3O)c3ccc(S(=O)(=O)O)cc3C1(C)C)C2(C)CCCS(=O)(=O)O. The summed E-state index contributed by atoms with van der Waals surface area (Å²) in [7, 11) is -10.4. The number of benzene rings is 1. The lowest BCUT2D eigenvalue weighted by molar-refractivity contribution is -0.684. The first-order chi connectivity index (χ1) is 31.3. The van der Waals surface area contributed by atoms with Gasteiger partial charge in [0.25, 0.3) is 36.3 Å². The van der Waals surface area contributed by atoms with Crippen LogP contribution in [0.15, 0.2) is 101 Å². The second-order valence-corrected chi connectivity index (χ2v) is 21.3. The molecule has 23 heteroatoms. The van der Waals surface area contributed by atoms with Crippen LogP contribution in [0, 0.1) is 0 Å². The second-order valence-electron chi connectivity index (χ2n) is 16.7. The van der Waals surface area contributed by atoms with Crippen molar-refractivity contribution in [1.29, 1.82) is 0 Å². The molecule has 0 spiro atoms. The molecule has 0 radical (unpaired) electrons. The molecule has 4 heterocycles. The minimum absolute atomic E-state index is 0.0138. The van der Waals surface area contributed by atoms with E-state index in [0.717, 1.165) is 16.4 Å². The molecule has 0 bridgehead atoms. The smallest absolute Gasteiger partial charge is 0.333 e. The Labute approximate surface area is 390 Å². The number of fused-ring (bicyclic) bond motifs is 2. The van der Waals surface area contributed by atoms with Crippen LogP contribution in [0.25, 0.3) is 0 Å². The highest BCUT2D eigenvalue weighted by atomic mass is 32.2. The fourth-order valence-corrected chi connectivity index (χ4v) is 9.52. The van der Waals surface area contributed by atoms with Gasteiger partial charge in [-0.3, -0.25) is 23.3 Å². The zero-order valence-corrected chi connectivity index (χ0v) is 40.1. The van der Waals surface area contributed by atoms with Crippen LogP contribution in [0.1, 0.15) is 87.2 Å². The highest BCUT2D eigenvalue weighted by molar-refractivity contribution is 7.86. The van der Waals surface area contributed by atoms with Crippen molar-refractivity contribution in [3.63, 3.8) is 0 Å². The Kier molecular flexibility index (Phi) is 16.5. The maximum atomic E-state index is 13.3. The Bertz CT molecular complexity index is 2850. The maximum absolute atomic E-state index is 13.3. The molecule has 5 rings (SSSR count). The number of anilines is 1. The topological polar surface area (TPSA) is 284 Å². The van der Waals surface area contributed by atoms with Crippen molar-refractivity contribution >= 4 is 59.4 Å². The largest absolute Gasteiger partial charge is 0.492 e. The third kappa shape index (κ3) is 13.1. The normalized spacial score (nSPS) is 17.8. The lowest BCUT2D eigenvalue weighted by Crippen LogP contribution is -2.39. The average molecular weight is 991 g/mol. The first kappa shape index (κ1) is 52.3. The summed E-state index contributed by atoms with van der Waals surface area (Å²) in [6.07, 6.45) is 15.8. The van der Waals surface area contributed by atoms with Crippen LogP contribution in [0.3, 0.4) is 0 Å². The molecule has 0 saturated heterocycles. The van der Waals surface area contributed by atoms with Gasteiger partial charge in [0.1, 0.15) is 6.20 Å². The minimum atomic E-state index is -4.49. The Morgan fingerprint density at radius 2 is 1.46 bits per heavy atom. The van der Waals surface area contributed by atoms with Crippen molar-refractivity contribution < 1.29 is 73.0 Å². The molecule has 3 aromatic rings. The van der Waals surface area contributed by atoms with E-state index in [-0.39, 0.29) is 42.7 Å². The van der Waals surface area contributed by atoms with E-state index in [4.69, 9.17) is 14.7 Å². The van der Waals surface area contributed by atoms with Crippen LogP contribution in [-0.2, 0) is 57.4 Å². The summed E-state index contributed by atoms with van der Waals surface area (Å²) in [5.41, 5.74) is 1.76. The van der Waals surface area contributed by atoms with Crippen molar-refractivity contribution in [2.24, 2.45) is 4.99 Å². The molecule has 1 aromatic carbocycles. The monoisotopic (exact) mass is 990 g/mol. The van der Waals surface area contributed by atoms with E-state index in [1.54, 1.807) is 53.2 Å². The number of hydrogen-bond donors (Lipinski definition) is 5. The van der Waals surface area contributed by atoms with Gasteiger partial charge in [-0.1, -0.05) is 50.6 Å². The van der Waals surface area contributed by atoms with E-state index < -0.39 is 76.3 Å². The van der Waals surface area contributed by atoms with Crippen molar-refractivity contribution in [3.05, 3.63) is 108 Å². The molecule has 0 aliphatic carbocycles. The molecule has 2 aromatic heterocycles. The van der Waals surface area contributed by atoms with Gasteiger partial charge in [-0.05, 0) is 79.6 Å². The van der Waals surface area contributed by atoms with Gasteiger partial charge in [-0.25, -0.2) is 14.4 Å². The van der Waals surface area contributed by atoms with Gasteiger partial charge in [-0.15, -0.1) is 4.73 Å². The Hall–Kier alpha value is -5.69. The number of aryl methyl sites for hydroxylation is 1. The summed E-state index contributed by atoms with van der Waals surface area (Å²) in [4.78, 5) is 42.4. The molecular formula is C44H56N5O15S3+. The zero-order valence-electron chi connectivity index (χ0n) is 37.6. The summed E-state index contributed by atoms with van der Waals surface area (Å²) in [6.45, 7) is 6.22. The molecule has 1 amide bonds. The van der Waals surface area contributed by atoms with Crippen LogP contribution < -0.4 is 14.3 Å². The van der Waals surface area contributed by atoms with Crippen LogP contribution in [0.2, 0.25) is 0 Å². The fourth-order valence-electron chi connectivity index (χ4n) is 8.01.